The molecule has 0 aliphatic carbocycles. The lowest BCUT2D eigenvalue weighted by molar-refractivity contribution is 0.695. The van der Waals surface area contributed by atoms with Crippen LogP contribution in [-0.2, 0) is 13.0 Å². The van der Waals surface area contributed by atoms with Gasteiger partial charge in [-0.25, -0.2) is 0 Å². The molecular weight excluding hydrogens is 194 g/mol. The van der Waals surface area contributed by atoms with Gasteiger partial charge in [0.25, 0.3) is 0 Å². The van der Waals surface area contributed by atoms with Gasteiger partial charge in [-0.3, -0.25) is 4.68 Å². The molecule has 0 radical (unpaired) electrons. The third-order valence-corrected chi connectivity index (χ3v) is 3.25. The van der Waals surface area contributed by atoms with Crippen molar-refractivity contribution in [2.75, 3.05) is 5.73 Å². The summed E-state index contributed by atoms with van der Waals surface area (Å²) in [5, 5.41) is 4.14. The topological polar surface area (TPSA) is 43.8 Å². The first-order valence-corrected chi connectivity index (χ1v) is 5.45. The van der Waals surface area contributed by atoms with Gasteiger partial charge in [0, 0.05) is 16.0 Å². The maximum Gasteiger partial charge on any atom is 0.0753 e. The first-order chi connectivity index (χ1) is 6.78. The molecule has 2 rings (SSSR count). The second-order valence-corrected chi connectivity index (χ2v) is 4.45. The van der Waals surface area contributed by atoms with Crippen LogP contribution in [0.3, 0.4) is 0 Å². The van der Waals surface area contributed by atoms with E-state index in [-0.39, 0.29) is 0 Å². The molecule has 2 aromatic rings. The van der Waals surface area contributed by atoms with Gasteiger partial charge in [-0.1, -0.05) is 6.92 Å². The zero-order valence-corrected chi connectivity index (χ0v) is 8.92. The maximum atomic E-state index is 5.58. The van der Waals surface area contributed by atoms with Crippen molar-refractivity contribution >= 4 is 17.0 Å². The lowest BCUT2D eigenvalue weighted by atomic mass is 10.4. The number of nitrogens with zero attached hydrogens (tertiary/aromatic N) is 2. The van der Waals surface area contributed by atoms with Gasteiger partial charge in [0.05, 0.1) is 18.4 Å². The number of nitrogen functional groups attached to an aromatic ring is 1. The van der Waals surface area contributed by atoms with Crippen molar-refractivity contribution in [3.63, 3.8) is 0 Å². The minimum Gasteiger partial charge on any atom is -0.396 e. The number of thiophene rings is 1. The quantitative estimate of drug-likeness (QED) is 0.838. The average Bonchev–Trinajstić information content (AvgIpc) is 2.76. The molecule has 3 nitrogen and oxygen atoms in total. The second kappa shape index (κ2) is 3.84. The highest BCUT2D eigenvalue weighted by molar-refractivity contribution is 7.11. The first-order valence-electron chi connectivity index (χ1n) is 4.63. The summed E-state index contributed by atoms with van der Waals surface area (Å²) in [6.07, 6.45) is 4.63. The average molecular weight is 207 g/mol. The van der Waals surface area contributed by atoms with E-state index in [9.17, 15) is 0 Å². The van der Waals surface area contributed by atoms with Crippen LogP contribution < -0.4 is 5.73 Å². The minimum atomic E-state index is 0.720. The SMILES string of the molecule is CCc1ccc(Cn2cc(N)cn2)s1. The highest BCUT2D eigenvalue weighted by Gasteiger charge is 2.00. The van der Waals surface area contributed by atoms with Gasteiger partial charge in [-0.15, -0.1) is 11.3 Å². The zero-order chi connectivity index (χ0) is 9.97. The summed E-state index contributed by atoms with van der Waals surface area (Å²) in [4.78, 5) is 2.74. The number of nitrogens with two attached hydrogens (primary N) is 1. The van der Waals surface area contributed by atoms with E-state index in [0.717, 1.165) is 18.7 Å². The predicted molar refractivity (Wildman–Crippen MR) is 59.4 cm³/mol. The lowest BCUT2D eigenvalue weighted by Gasteiger charge is -1.96. The van der Waals surface area contributed by atoms with E-state index >= 15 is 0 Å². The fourth-order valence-corrected chi connectivity index (χ4v) is 2.27. The Morgan fingerprint density at radius 2 is 2.21 bits per heavy atom. The summed E-state index contributed by atoms with van der Waals surface area (Å²) >= 11 is 1.84. The molecule has 0 bridgehead atoms. The minimum absolute atomic E-state index is 0.720. The molecule has 74 valence electrons. The molecule has 0 aliphatic rings. The molecule has 0 amide bonds. The molecule has 14 heavy (non-hydrogen) atoms. The molecule has 4 heteroatoms. The Labute approximate surface area is 87.2 Å². The van der Waals surface area contributed by atoms with Gasteiger partial charge in [-0.2, -0.15) is 5.10 Å². The fraction of sp³-hybridized carbons (Fsp3) is 0.300. The van der Waals surface area contributed by atoms with Gasteiger partial charge in [0.15, 0.2) is 0 Å². The van der Waals surface area contributed by atoms with Gasteiger partial charge >= 0.3 is 0 Å². The largest absolute Gasteiger partial charge is 0.396 e. The van der Waals surface area contributed by atoms with E-state index < -0.39 is 0 Å². The number of aromatic nitrogens is 2. The van der Waals surface area contributed by atoms with Crippen LogP contribution in [0.2, 0.25) is 0 Å². The Kier molecular flexibility index (Phi) is 2.54. The van der Waals surface area contributed by atoms with E-state index in [1.807, 2.05) is 22.2 Å². The van der Waals surface area contributed by atoms with Crippen LogP contribution in [0.25, 0.3) is 0 Å². The van der Waals surface area contributed by atoms with E-state index in [0.29, 0.717) is 0 Å². The molecular formula is C10H13N3S. The third kappa shape index (κ3) is 1.96. The van der Waals surface area contributed by atoms with Crippen LogP contribution >= 0.6 is 11.3 Å². The molecule has 2 heterocycles. The Hall–Kier alpha value is -1.29. The highest BCUT2D eigenvalue weighted by atomic mass is 32.1. The summed E-state index contributed by atoms with van der Waals surface area (Å²) < 4.78 is 1.86. The van der Waals surface area contributed by atoms with Crippen molar-refractivity contribution < 1.29 is 0 Å². The first kappa shape index (κ1) is 9.27. The Morgan fingerprint density at radius 1 is 1.43 bits per heavy atom. The maximum absolute atomic E-state index is 5.58. The van der Waals surface area contributed by atoms with Crippen molar-refractivity contribution in [3.8, 4) is 0 Å². The molecule has 0 saturated heterocycles. The van der Waals surface area contributed by atoms with Crippen LogP contribution in [-0.4, -0.2) is 9.78 Å². The standard InChI is InChI=1S/C10H13N3S/c1-2-9-3-4-10(14-9)7-13-6-8(11)5-12-13/h3-6H,2,7,11H2,1H3. The summed E-state index contributed by atoms with van der Waals surface area (Å²) in [7, 11) is 0. The van der Waals surface area contributed by atoms with Crippen molar-refractivity contribution in [2.45, 2.75) is 19.9 Å². The van der Waals surface area contributed by atoms with Crippen molar-refractivity contribution in [1.82, 2.24) is 9.78 Å². The van der Waals surface area contributed by atoms with Gasteiger partial charge in [-0.05, 0) is 18.6 Å². The molecule has 2 aromatic heterocycles. The number of aryl methyl sites for hydroxylation is 1. The van der Waals surface area contributed by atoms with Crippen LogP contribution in [0.15, 0.2) is 24.5 Å². The summed E-state index contributed by atoms with van der Waals surface area (Å²) in [6.45, 7) is 2.99. The van der Waals surface area contributed by atoms with E-state index in [1.165, 1.54) is 9.75 Å². The Morgan fingerprint density at radius 3 is 2.79 bits per heavy atom. The number of hydrogen-bond donors (Lipinski definition) is 1. The predicted octanol–water partition coefficient (Wildman–Crippen LogP) is 2.14. The smallest absolute Gasteiger partial charge is 0.0753 e. The molecule has 0 saturated carbocycles. The van der Waals surface area contributed by atoms with E-state index in [1.54, 1.807) is 6.20 Å². The summed E-state index contributed by atoms with van der Waals surface area (Å²) in [5.74, 6) is 0. The molecule has 0 fully saturated rings. The van der Waals surface area contributed by atoms with Crippen LogP contribution in [0.1, 0.15) is 16.7 Å². The van der Waals surface area contributed by atoms with Crippen LogP contribution in [0.5, 0.6) is 0 Å². The molecule has 2 N–H and O–H groups in total. The Bertz CT molecular complexity index is 416. The van der Waals surface area contributed by atoms with Gasteiger partial charge in [0.2, 0.25) is 0 Å². The summed E-state index contributed by atoms with van der Waals surface area (Å²) in [5.41, 5.74) is 6.30. The van der Waals surface area contributed by atoms with E-state index in [2.05, 4.69) is 24.2 Å². The third-order valence-electron chi connectivity index (χ3n) is 2.04. The summed E-state index contributed by atoms with van der Waals surface area (Å²) in [6, 6.07) is 4.33. The monoisotopic (exact) mass is 207 g/mol. The zero-order valence-electron chi connectivity index (χ0n) is 8.10. The molecule has 0 atom stereocenters. The van der Waals surface area contributed by atoms with Gasteiger partial charge < -0.3 is 5.73 Å². The highest BCUT2D eigenvalue weighted by Crippen LogP contribution is 2.17. The van der Waals surface area contributed by atoms with Crippen molar-refractivity contribution in [2.24, 2.45) is 0 Å². The lowest BCUT2D eigenvalue weighted by Crippen LogP contribution is -1.97. The second-order valence-electron chi connectivity index (χ2n) is 3.19. The molecule has 0 spiro atoms. The fourth-order valence-electron chi connectivity index (χ4n) is 1.32. The number of anilines is 1. The molecule has 0 unspecified atom stereocenters. The number of rotatable bonds is 3. The van der Waals surface area contributed by atoms with Crippen LogP contribution in [0.4, 0.5) is 5.69 Å². The van der Waals surface area contributed by atoms with Crippen molar-refractivity contribution in [3.05, 3.63) is 34.3 Å². The van der Waals surface area contributed by atoms with Crippen LogP contribution in [0, 0.1) is 0 Å². The number of hydrogen-bond acceptors (Lipinski definition) is 3. The van der Waals surface area contributed by atoms with Crippen molar-refractivity contribution in [1.29, 1.82) is 0 Å². The van der Waals surface area contributed by atoms with Gasteiger partial charge in [0.1, 0.15) is 0 Å². The molecule has 0 aliphatic heterocycles. The Balaban J connectivity index is 2.10. The normalized spacial score (nSPS) is 10.6. The van der Waals surface area contributed by atoms with E-state index in [4.69, 9.17) is 5.73 Å². The molecule has 0 aromatic carbocycles.